The van der Waals surface area contributed by atoms with Crippen LogP contribution in [-0.2, 0) is 13.5 Å². The summed E-state index contributed by atoms with van der Waals surface area (Å²) in [6.07, 6.45) is 0.319. The third kappa shape index (κ3) is 2.19. The number of benzene rings is 1. The number of nitriles is 1. The molecule has 1 heterocycles. The Morgan fingerprint density at radius 1 is 1.39 bits per heavy atom. The number of aromatic nitrogens is 2. The fraction of sp³-hybridized carbons (Fsp3) is 0.286. The van der Waals surface area contributed by atoms with Crippen LogP contribution in [0.1, 0.15) is 16.8 Å². The molecule has 0 radical (unpaired) electrons. The van der Waals surface area contributed by atoms with E-state index in [4.69, 9.17) is 5.26 Å². The lowest BCUT2D eigenvalue weighted by Gasteiger charge is -2.07. The summed E-state index contributed by atoms with van der Waals surface area (Å²) in [7, 11) is 1.95. The van der Waals surface area contributed by atoms with Crippen LogP contribution in [-0.4, -0.2) is 9.55 Å². The molecule has 92 valence electrons. The molecular weight excluding hydrogens is 290 g/mol. The van der Waals surface area contributed by atoms with Crippen molar-refractivity contribution in [1.29, 1.82) is 5.26 Å². The molecule has 1 aromatic carbocycles. The molecule has 4 heteroatoms. The van der Waals surface area contributed by atoms with Crippen molar-refractivity contribution in [3.63, 3.8) is 0 Å². The highest BCUT2D eigenvalue weighted by Gasteiger charge is 2.15. The molecule has 0 N–H and O–H groups in total. The second-order valence-electron chi connectivity index (χ2n) is 4.39. The topological polar surface area (TPSA) is 41.6 Å². The van der Waals surface area contributed by atoms with Gasteiger partial charge < -0.3 is 4.57 Å². The van der Waals surface area contributed by atoms with Gasteiger partial charge in [-0.05, 0) is 35.3 Å². The highest BCUT2D eigenvalue weighted by atomic mass is 79.9. The van der Waals surface area contributed by atoms with Crippen LogP contribution >= 0.6 is 15.9 Å². The molecule has 0 saturated heterocycles. The summed E-state index contributed by atoms with van der Waals surface area (Å²) < 4.78 is 2.85. The van der Waals surface area contributed by atoms with E-state index in [-0.39, 0.29) is 0 Å². The molecule has 0 saturated carbocycles. The van der Waals surface area contributed by atoms with Crippen molar-refractivity contribution in [2.24, 2.45) is 7.05 Å². The van der Waals surface area contributed by atoms with E-state index in [1.165, 1.54) is 11.1 Å². The lowest BCUT2D eigenvalue weighted by Crippen LogP contribution is -1.95. The van der Waals surface area contributed by atoms with Crippen LogP contribution in [0.25, 0.3) is 11.4 Å². The average molecular weight is 304 g/mol. The van der Waals surface area contributed by atoms with Crippen LogP contribution < -0.4 is 0 Å². The summed E-state index contributed by atoms with van der Waals surface area (Å²) >= 11 is 3.49. The van der Waals surface area contributed by atoms with Crippen molar-refractivity contribution in [1.82, 2.24) is 9.55 Å². The van der Waals surface area contributed by atoms with E-state index >= 15 is 0 Å². The molecule has 0 bridgehead atoms. The van der Waals surface area contributed by atoms with Crippen molar-refractivity contribution in [2.75, 3.05) is 0 Å². The highest BCUT2D eigenvalue weighted by Crippen LogP contribution is 2.28. The van der Waals surface area contributed by atoms with E-state index < -0.39 is 0 Å². The molecular formula is C14H14BrN3. The van der Waals surface area contributed by atoms with Gasteiger partial charge in [0.25, 0.3) is 0 Å². The summed E-state index contributed by atoms with van der Waals surface area (Å²) in [5, 5.41) is 8.79. The minimum absolute atomic E-state index is 0.319. The smallest absolute Gasteiger partial charge is 0.141 e. The standard InChI is InChI=1S/C14H14BrN3/c1-9-4-5-11(10(2)8-9)14-17-12(6-7-16)13(15)18(14)3/h4-5,8H,6H2,1-3H3. The first kappa shape index (κ1) is 12.8. The second-order valence-corrected chi connectivity index (χ2v) is 5.14. The van der Waals surface area contributed by atoms with Crippen LogP contribution in [0, 0.1) is 25.2 Å². The van der Waals surface area contributed by atoms with Gasteiger partial charge in [-0.25, -0.2) is 4.98 Å². The van der Waals surface area contributed by atoms with Crippen LogP contribution in [0.3, 0.4) is 0 Å². The number of nitrogens with zero attached hydrogens (tertiary/aromatic N) is 3. The minimum Gasteiger partial charge on any atom is -0.322 e. The van der Waals surface area contributed by atoms with Gasteiger partial charge in [-0.2, -0.15) is 5.26 Å². The number of hydrogen-bond acceptors (Lipinski definition) is 2. The van der Waals surface area contributed by atoms with E-state index in [0.717, 1.165) is 21.7 Å². The van der Waals surface area contributed by atoms with Gasteiger partial charge in [0.05, 0.1) is 18.2 Å². The molecule has 0 atom stereocenters. The van der Waals surface area contributed by atoms with Gasteiger partial charge in [-0.15, -0.1) is 0 Å². The summed E-state index contributed by atoms with van der Waals surface area (Å²) in [4.78, 5) is 4.55. The Kier molecular flexibility index (Phi) is 3.53. The van der Waals surface area contributed by atoms with Crippen molar-refractivity contribution < 1.29 is 0 Å². The zero-order chi connectivity index (χ0) is 13.3. The highest BCUT2D eigenvalue weighted by molar-refractivity contribution is 9.10. The zero-order valence-corrected chi connectivity index (χ0v) is 12.2. The SMILES string of the molecule is Cc1ccc(-c2nc(CC#N)c(Br)n2C)c(C)c1. The molecule has 2 aromatic rings. The Balaban J connectivity index is 2.58. The predicted octanol–water partition coefficient (Wildman–Crippen LogP) is 3.53. The Morgan fingerprint density at radius 2 is 2.11 bits per heavy atom. The Hall–Kier alpha value is -1.60. The van der Waals surface area contributed by atoms with Gasteiger partial charge in [-0.3, -0.25) is 0 Å². The van der Waals surface area contributed by atoms with Crippen molar-refractivity contribution in [3.8, 4) is 17.5 Å². The maximum Gasteiger partial charge on any atom is 0.141 e. The molecule has 0 unspecified atom stereocenters. The largest absolute Gasteiger partial charge is 0.322 e. The van der Waals surface area contributed by atoms with Crippen LogP contribution in [0.5, 0.6) is 0 Å². The van der Waals surface area contributed by atoms with Crippen molar-refractivity contribution in [3.05, 3.63) is 39.6 Å². The van der Waals surface area contributed by atoms with Gasteiger partial charge >= 0.3 is 0 Å². The predicted molar refractivity (Wildman–Crippen MR) is 75.1 cm³/mol. The monoisotopic (exact) mass is 303 g/mol. The molecule has 1 aromatic heterocycles. The van der Waals surface area contributed by atoms with Gasteiger partial charge in [0.15, 0.2) is 0 Å². The van der Waals surface area contributed by atoms with E-state index in [0.29, 0.717) is 6.42 Å². The third-order valence-electron chi connectivity index (χ3n) is 2.96. The van der Waals surface area contributed by atoms with E-state index in [1.807, 2.05) is 11.6 Å². The number of rotatable bonds is 2. The fourth-order valence-corrected chi connectivity index (χ4v) is 2.43. The van der Waals surface area contributed by atoms with Gasteiger partial charge in [0.1, 0.15) is 10.4 Å². The molecule has 2 rings (SSSR count). The van der Waals surface area contributed by atoms with Crippen LogP contribution in [0.15, 0.2) is 22.8 Å². The lowest BCUT2D eigenvalue weighted by atomic mass is 10.1. The molecule has 0 spiro atoms. The second kappa shape index (κ2) is 4.95. The van der Waals surface area contributed by atoms with Crippen molar-refractivity contribution >= 4 is 15.9 Å². The summed E-state index contributed by atoms with van der Waals surface area (Å²) in [6.45, 7) is 4.15. The quantitative estimate of drug-likeness (QED) is 0.851. The molecule has 18 heavy (non-hydrogen) atoms. The third-order valence-corrected chi connectivity index (χ3v) is 3.95. The minimum atomic E-state index is 0.319. The van der Waals surface area contributed by atoms with E-state index in [9.17, 15) is 0 Å². The normalized spacial score (nSPS) is 10.4. The molecule has 0 aliphatic heterocycles. The van der Waals surface area contributed by atoms with Crippen LogP contribution in [0.2, 0.25) is 0 Å². The summed E-state index contributed by atoms with van der Waals surface area (Å²) in [6, 6.07) is 8.43. The van der Waals surface area contributed by atoms with Gasteiger partial charge in [0, 0.05) is 12.6 Å². The van der Waals surface area contributed by atoms with E-state index in [2.05, 4.69) is 59.0 Å². The zero-order valence-electron chi connectivity index (χ0n) is 10.7. The molecule has 0 aliphatic rings. The number of halogens is 1. The van der Waals surface area contributed by atoms with Crippen LogP contribution in [0.4, 0.5) is 0 Å². The number of aryl methyl sites for hydroxylation is 2. The first-order chi connectivity index (χ1) is 8.54. The molecule has 0 fully saturated rings. The Morgan fingerprint density at radius 3 is 2.72 bits per heavy atom. The summed E-state index contributed by atoms with van der Waals surface area (Å²) in [5.74, 6) is 0.893. The van der Waals surface area contributed by atoms with Gasteiger partial charge in [-0.1, -0.05) is 23.8 Å². The maximum absolute atomic E-state index is 8.79. The first-order valence-corrected chi connectivity index (χ1v) is 6.49. The number of hydrogen-bond donors (Lipinski definition) is 0. The fourth-order valence-electron chi connectivity index (χ4n) is 2.03. The summed E-state index contributed by atoms with van der Waals surface area (Å²) in [5.41, 5.74) is 4.32. The molecule has 0 aliphatic carbocycles. The maximum atomic E-state index is 8.79. The molecule has 0 amide bonds. The lowest BCUT2D eigenvalue weighted by molar-refractivity contribution is 0.897. The Labute approximate surface area is 115 Å². The Bertz CT molecular complexity index is 635. The van der Waals surface area contributed by atoms with Crippen molar-refractivity contribution in [2.45, 2.75) is 20.3 Å². The van der Waals surface area contributed by atoms with E-state index in [1.54, 1.807) is 0 Å². The van der Waals surface area contributed by atoms with Gasteiger partial charge in [0.2, 0.25) is 0 Å². The number of imidazole rings is 1. The first-order valence-electron chi connectivity index (χ1n) is 5.70. The average Bonchev–Trinajstić information content (AvgIpc) is 2.58. The molecule has 3 nitrogen and oxygen atoms in total.